The van der Waals surface area contributed by atoms with Gasteiger partial charge in [-0.15, -0.1) is 0 Å². The number of ether oxygens (including phenoxy) is 2. The van der Waals surface area contributed by atoms with E-state index in [-0.39, 0.29) is 11.7 Å². The number of benzene rings is 2. The molecule has 0 bridgehead atoms. The number of anilines is 1. The Labute approximate surface area is 141 Å². The minimum atomic E-state index is -0.302. The Balaban J connectivity index is 2.18. The third kappa shape index (κ3) is 4.47. The molecular weight excluding hydrogens is 309 g/mol. The Hall–Kier alpha value is -2.56. The normalized spacial score (nSPS) is 10.3. The first kappa shape index (κ1) is 17.8. The van der Waals surface area contributed by atoms with E-state index < -0.39 is 0 Å². The smallest absolute Gasteiger partial charge is 0.255 e. The van der Waals surface area contributed by atoms with E-state index in [1.165, 1.54) is 12.1 Å². The second-order valence-electron chi connectivity index (χ2n) is 5.36. The maximum Gasteiger partial charge on any atom is 0.255 e. The minimum Gasteiger partial charge on any atom is -0.490 e. The zero-order valence-electron chi connectivity index (χ0n) is 14.2. The van der Waals surface area contributed by atoms with Gasteiger partial charge < -0.3 is 14.8 Å². The van der Waals surface area contributed by atoms with Gasteiger partial charge in [-0.1, -0.05) is 6.92 Å². The van der Waals surface area contributed by atoms with Crippen LogP contribution in [0.3, 0.4) is 0 Å². The van der Waals surface area contributed by atoms with Crippen LogP contribution in [0.5, 0.6) is 11.5 Å². The van der Waals surface area contributed by atoms with Gasteiger partial charge in [-0.25, -0.2) is 4.39 Å². The summed E-state index contributed by atoms with van der Waals surface area (Å²) in [5.74, 6) is 0.565. The summed E-state index contributed by atoms with van der Waals surface area (Å²) in [6, 6.07) is 9.51. The SMILES string of the molecule is CCCOc1ccc(C(=O)Nc2ccc(F)c(C)c2)cc1OCC. The monoisotopic (exact) mass is 331 g/mol. The van der Waals surface area contributed by atoms with Crippen molar-refractivity contribution in [2.45, 2.75) is 27.2 Å². The first-order chi connectivity index (χ1) is 11.5. The van der Waals surface area contributed by atoms with Crippen LogP contribution in [0, 0.1) is 12.7 Å². The van der Waals surface area contributed by atoms with Gasteiger partial charge >= 0.3 is 0 Å². The van der Waals surface area contributed by atoms with Crippen LogP contribution in [0.25, 0.3) is 0 Å². The molecule has 0 aliphatic rings. The fraction of sp³-hybridized carbons (Fsp3) is 0.316. The van der Waals surface area contributed by atoms with Crippen LogP contribution in [0.15, 0.2) is 36.4 Å². The molecule has 24 heavy (non-hydrogen) atoms. The van der Waals surface area contributed by atoms with Crippen LogP contribution < -0.4 is 14.8 Å². The standard InChI is InChI=1S/C19H22FNO3/c1-4-10-24-17-9-6-14(12-18(17)23-5-2)19(22)21-15-7-8-16(20)13(3)11-15/h6-9,11-12H,4-5,10H2,1-3H3,(H,21,22). The quantitative estimate of drug-likeness (QED) is 0.808. The van der Waals surface area contributed by atoms with Gasteiger partial charge in [0, 0.05) is 11.3 Å². The van der Waals surface area contributed by atoms with E-state index in [2.05, 4.69) is 5.32 Å². The molecule has 0 radical (unpaired) electrons. The number of nitrogens with one attached hydrogen (secondary N) is 1. The number of rotatable bonds is 7. The number of hydrogen-bond acceptors (Lipinski definition) is 3. The Bertz CT molecular complexity index is 716. The molecule has 1 N–H and O–H groups in total. The van der Waals surface area contributed by atoms with Crippen molar-refractivity contribution in [1.82, 2.24) is 0 Å². The molecule has 2 aromatic carbocycles. The lowest BCUT2D eigenvalue weighted by Crippen LogP contribution is -2.12. The highest BCUT2D eigenvalue weighted by Gasteiger charge is 2.12. The first-order valence-corrected chi connectivity index (χ1v) is 8.02. The molecule has 0 saturated heterocycles. The van der Waals surface area contributed by atoms with Gasteiger partial charge in [0.05, 0.1) is 13.2 Å². The molecular formula is C19H22FNO3. The highest BCUT2D eigenvalue weighted by atomic mass is 19.1. The number of carbonyl (C=O) groups excluding carboxylic acids is 1. The van der Waals surface area contributed by atoms with E-state index in [0.29, 0.717) is 41.5 Å². The Morgan fingerprint density at radius 3 is 2.54 bits per heavy atom. The van der Waals surface area contributed by atoms with Crippen molar-refractivity contribution in [3.8, 4) is 11.5 Å². The van der Waals surface area contributed by atoms with E-state index in [9.17, 15) is 9.18 Å². The lowest BCUT2D eigenvalue weighted by Gasteiger charge is -2.13. The molecule has 0 aromatic heterocycles. The number of carbonyl (C=O) groups is 1. The van der Waals surface area contributed by atoms with Crippen LogP contribution in [-0.4, -0.2) is 19.1 Å². The van der Waals surface area contributed by atoms with Crippen molar-refractivity contribution in [2.24, 2.45) is 0 Å². The van der Waals surface area contributed by atoms with Crippen molar-refractivity contribution < 1.29 is 18.7 Å². The molecule has 0 aliphatic heterocycles. The largest absolute Gasteiger partial charge is 0.490 e. The molecule has 0 atom stereocenters. The molecule has 1 amide bonds. The molecule has 0 heterocycles. The maximum atomic E-state index is 13.3. The summed E-state index contributed by atoms with van der Waals surface area (Å²) in [5.41, 5.74) is 1.47. The van der Waals surface area contributed by atoms with Crippen molar-refractivity contribution in [3.63, 3.8) is 0 Å². The number of amides is 1. The highest BCUT2D eigenvalue weighted by molar-refractivity contribution is 6.04. The number of aryl methyl sites for hydroxylation is 1. The molecule has 0 fully saturated rings. The van der Waals surface area contributed by atoms with Gasteiger partial charge in [0.15, 0.2) is 11.5 Å². The van der Waals surface area contributed by atoms with E-state index in [1.807, 2.05) is 13.8 Å². The van der Waals surface area contributed by atoms with Gasteiger partial charge in [0.1, 0.15) is 5.82 Å². The molecule has 128 valence electrons. The minimum absolute atomic E-state index is 0.288. The van der Waals surface area contributed by atoms with Crippen molar-refractivity contribution in [1.29, 1.82) is 0 Å². The van der Waals surface area contributed by atoms with Gasteiger partial charge in [0.25, 0.3) is 5.91 Å². The van der Waals surface area contributed by atoms with Gasteiger partial charge in [-0.2, -0.15) is 0 Å². The lowest BCUT2D eigenvalue weighted by atomic mass is 10.1. The summed E-state index contributed by atoms with van der Waals surface area (Å²) in [4.78, 5) is 12.4. The fourth-order valence-corrected chi connectivity index (χ4v) is 2.17. The average molecular weight is 331 g/mol. The van der Waals surface area contributed by atoms with Crippen LogP contribution in [0.2, 0.25) is 0 Å². The third-order valence-electron chi connectivity index (χ3n) is 3.38. The van der Waals surface area contributed by atoms with E-state index >= 15 is 0 Å². The van der Waals surface area contributed by atoms with Crippen molar-refractivity contribution in [2.75, 3.05) is 18.5 Å². The summed E-state index contributed by atoms with van der Waals surface area (Å²) in [6.45, 7) is 6.60. The summed E-state index contributed by atoms with van der Waals surface area (Å²) in [7, 11) is 0. The topological polar surface area (TPSA) is 47.6 Å². The van der Waals surface area contributed by atoms with Crippen molar-refractivity contribution in [3.05, 3.63) is 53.3 Å². The first-order valence-electron chi connectivity index (χ1n) is 8.02. The molecule has 0 unspecified atom stereocenters. The van der Waals surface area contributed by atoms with Crippen LogP contribution in [0.4, 0.5) is 10.1 Å². The molecule has 0 spiro atoms. The zero-order valence-corrected chi connectivity index (χ0v) is 14.2. The molecule has 2 rings (SSSR count). The molecule has 5 heteroatoms. The predicted molar refractivity (Wildman–Crippen MR) is 92.5 cm³/mol. The van der Waals surface area contributed by atoms with Crippen LogP contribution in [0.1, 0.15) is 36.2 Å². The number of hydrogen-bond donors (Lipinski definition) is 1. The summed E-state index contributed by atoms with van der Waals surface area (Å²) >= 11 is 0. The fourth-order valence-electron chi connectivity index (χ4n) is 2.17. The highest BCUT2D eigenvalue weighted by Crippen LogP contribution is 2.29. The van der Waals surface area contributed by atoms with E-state index in [1.54, 1.807) is 31.2 Å². The lowest BCUT2D eigenvalue weighted by molar-refractivity contribution is 0.102. The van der Waals surface area contributed by atoms with E-state index in [4.69, 9.17) is 9.47 Å². The van der Waals surface area contributed by atoms with E-state index in [0.717, 1.165) is 6.42 Å². The zero-order chi connectivity index (χ0) is 17.5. The number of halogens is 1. The van der Waals surface area contributed by atoms with Gasteiger partial charge in [0.2, 0.25) is 0 Å². The Morgan fingerprint density at radius 1 is 1.08 bits per heavy atom. The maximum absolute atomic E-state index is 13.3. The molecule has 0 aliphatic carbocycles. The predicted octanol–water partition coefficient (Wildman–Crippen LogP) is 4.57. The second-order valence-corrected chi connectivity index (χ2v) is 5.36. The molecule has 0 saturated carbocycles. The van der Waals surface area contributed by atoms with Gasteiger partial charge in [-0.3, -0.25) is 4.79 Å². The Kier molecular flexibility index (Phi) is 6.18. The third-order valence-corrected chi connectivity index (χ3v) is 3.38. The van der Waals surface area contributed by atoms with Gasteiger partial charge in [-0.05, 0) is 62.2 Å². The molecule has 4 nitrogen and oxygen atoms in total. The Morgan fingerprint density at radius 2 is 1.88 bits per heavy atom. The molecule has 2 aromatic rings. The summed E-state index contributed by atoms with van der Waals surface area (Å²) < 4.78 is 24.5. The van der Waals surface area contributed by atoms with Crippen molar-refractivity contribution >= 4 is 11.6 Å². The van der Waals surface area contributed by atoms with Crippen LogP contribution in [-0.2, 0) is 0 Å². The summed E-state index contributed by atoms with van der Waals surface area (Å²) in [5, 5.41) is 2.76. The average Bonchev–Trinajstić information content (AvgIpc) is 2.57. The van der Waals surface area contributed by atoms with Crippen LogP contribution >= 0.6 is 0 Å². The summed E-state index contributed by atoms with van der Waals surface area (Å²) in [6.07, 6.45) is 0.887. The second kappa shape index (κ2) is 8.34.